The van der Waals surface area contributed by atoms with Gasteiger partial charge in [0.25, 0.3) is 5.91 Å². The largest absolute Gasteiger partial charge is 0.484 e. The van der Waals surface area contributed by atoms with Gasteiger partial charge < -0.3 is 24.3 Å². The number of carbonyl (C=O) groups is 1. The molecular formula is C16H19ClFN3O5. The van der Waals surface area contributed by atoms with Gasteiger partial charge in [-0.2, -0.15) is 0 Å². The van der Waals surface area contributed by atoms with Crippen LogP contribution in [0.4, 0.5) is 4.39 Å². The number of hydrogen-bond donors (Lipinski definition) is 2. The van der Waals surface area contributed by atoms with Gasteiger partial charge in [-0.1, -0.05) is 11.6 Å². The van der Waals surface area contributed by atoms with Crippen molar-refractivity contribution in [2.45, 2.75) is 25.6 Å². The standard InChI is InChI=1S/C16H19ClFN3O5/c1-24-9-16-21-20-15(26-16)6-10(22)4-5-19-14(23)8-25-11-2-3-12(17)13(18)7-11/h2-3,7,10,22H,4-6,8-9H2,1H3,(H,19,23). The van der Waals surface area contributed by atoms with Gasteiger partial charge in [0, 0.05) is 19.7 Å². The van der Waals surface area contributed by atoms with Gasteiger partial charge >= 0.3 is 0 Å². The third-order valence-electron chi connectivity index (χ3n) is 3.25. The van der Waals surface area contributed by atoms with Crippen molar-refractivity contribution in [3.8, 4) is 5.75 Å². The Morgan fingerprint density at radius 1 is 1.42 bits per heavy atom. The fraction of sp³-hybridized carbons (Fsp3) is 0.438. The van der Waals surface area contributed by atoms with Crippen LogP contribution in [0.25, 0.3) is 0 Å². The van der Waals surface area contributed by atoms with Gasteiger partial charge in [0.05, 0.1) is 17.5 Å². The molecule has 10 heteroatoms. The molecule has 8 nitrogen and oxygen atoms in total. The minimum absolute atomic E-state index is 0.0219. The van der Waals surface area contributed by atoms with Crippen molar-refractivity contribution in [3.63, 3.8) is 0 Å². The lowest BCUT2D eigenvalue weighted by Gasteiger charge is -2.10. The van der Waals surface area contributed by atoms with E-state index in [1.54, 1.807) is 0 Å². The van der Waals surface area contributed by atoms with Gasteiger partial charge in [-0.05, 0) is 18.6 Å². The first kappa shape index (κ1) is 20.1. The molecule has 2 rings (SSSR count). The van der Waals surface area contributed by atoms with Crippen LogP contribution in [0.2, 0.25) is 5.02 Å². The first-order valence-electron chi connectivity index (χ1n) is 7.80. The first-order valence-corrected chi connectivity index (χ1v) is 8.18. The van der Waals surface area contributed by atoms with E-state index >= 15 is 0 Å². The van der Waals surface area contributed by atoms with Crippen molar-refractivity contribution in [1.29, 1.82) is 0 Å². The first-order chi connectivity index (χ1) is 12.5. The summed E-state index contributed by atoms with van der Waals surface area (Å²) in [6, 6.07) is 3.91. The number of aliphatic hydroxyl groups is 1. The molecule has 1 aromatic carbocycles. The zero-order valence-corrected chi connectivity index (χ0v) is 14.8. The molecule has 0 aliphatic rings. The average molecular weight is 388 g/mol. The van der Waals surface area contributed by atoms with Crippen LogP contribution in [0.15, 0.2) is 22.6 Å². The molecule has 0 fully saturated rings. The molecule has 1 unspecified atom stereocenters. The van der Waals surface area contributed by atoms with Crippen molar-refractivity contribution in [2.24, 2.45) is 0 Å². The summed E-state index contributed by atoms with van der Waals surface area (Å²) in [5.41, 5.74) is 0. The van der Waals surface area contributed by atoms with E-state index in [0.29, 0.717) is 18.2 Å². The Balaban J connectivity index is 1.64. The second kappa shape index (κ2) is 10.0. The number of aliphatic hydroxyl groups excluding tert-OH is 1. The molecule has 0 saturated heterocycles. The number of nitrogens with one attached hydrogen (secondary N) is 1. The number of hydrogen-bond acceptors (Lipinski definition) is 7. The van der Waals surface area contributed by atoms with Gasteiger partial charge in [0.2, 0.25) is 11.8 Å². The summed E-state index contributed by atoms with van der Waals surface area (Å²) in [6.45, 7) is 0.162. The highest BCUT2D eigenvalue weighted by Crippen LogP contribution is 2.20. The third kappa shape index (κ3) is 6.58. The van der Waals surface area contributed by atoms with Crippen molar-refractivity contribution >= 4 is 17.5 Å². The van der Waals surface area contributed by atoms with Crippen LogP contribution in [-0.2, 0) is 22.6 Å². The number of benzene rings is 1. The minimum atomic E-state index is -0.752. The normalized spacial score (nSPS) is 12.0. The second-order valence-corrected chi connectivity index (χ2v) is 5.79. The quantitative estimate of drug-likeness (QED) is 0.636. The molecule has 0 bridgehead atoms. The molecule has 1 heterocycles. The van der Waals surface area contributed by atoms with Gasteiger partial charge in [-0.25, -0.2) is 4.39 Å². The van der Waals surface area contributed by atoms with E-state index in [9.17, 15) is 14.3 Å². The topological polar surface area (TPSA) is 107 Å². The van der Waals surface area contributed by atoms with Crippen molar-refractivity contribution in [1.82, 2.24) is 15.5 Å². The maximum atomic E-state index is 13.3. The molecule has 1 atom stereocenters. The lowest BCUT2D eigenvalue weighted by Crippen LogP contribution is -2.31. The predicted octanol–water partition coefficient (Wildman–Crippen LogP) is 1.50. The number of ether oxygens (including phenoxy) is 2. The van der Waals surface area contributed by atoms with Crippen molar-refractivity contribution < 1.29 is 28.2 Å². The minimum Gasteiger partial charge on any atom is -0.484 e. The Morgan fingerprint density at radius 2 is 2.19 bits per heavy atom. The van der Waals surface area contributed by atoms with Gasteiger partial charge in [-0.15, -0.1) is 10.2 Å². The second-order valence-electron chi connectivity index (χ2n) is 5.38. The zero-order chi connectivity index (χ0) is 18.9. The zero-order valence-electron chi connectivity index (χ0n) is 14.1. The number of carbonyl (C=O) groups excluding carboxylic acids is 1. The third-order valence-corrected chi connectivity index (χ3v) is 3.55. The molecule has 2 aromatic rings. The van der Waals surface area contributed by atoms with E-state index < -0.39 is 17.8 Å². The molecule has 0 aliphatic heterocycles. The van der Waals surface area contributed by atoms with Crippen LogP contribution in [0, 0.1) is 5.82 Å². The monoisotopic (exact) mass is 387 g/mol. The van der Waals surface area contributed by atoms with Gasteiger partial charge in [0.15, 0.2) is 6.61 Å². The van der Waals surface area contributed by atoms with Crippen LogP contribution in [0.1, 0.15) is 18.2 Å². The number of nitrogens with zero attached hydrogens (tertiary/aromatic N) is 2. The molecule has 142 valence electrons. The van der Waals surface area contributed by atoms with E-state index in [1.165, 1.54) is 19.2 Å². The van der Waals surface area contributed by atoms with E-state index in [-0.39, 0.29) is 37.0 Å². The summed E-state index contributed by atoms with van der Waals surface area (Å²) < 4.78 is 28.6. The van der Waals surface area contributed by atoms with Gasteiger partial charge in [0.1, 0.15) is 18.2 Å². The summed E-state index contributed by atoms with van der Waals surface area (Å²) >= 11 is 5.56. The number of methoxy groups -OCH3 is 1. The van der Waals surface area contributed by atoms with E-state index in [1.807, 2.05) is 0 Å². The maximum Gasteiger partial charge on any atom is 0.257 e. The van der Waals surface area contributed by atoms with Crippen LogP contribution >= 0.6 is 11.6 Å². The number of halogens is 2. The van der Waals surface area contributed by atoms with Crippen LogP contribution in [-0.4, -0.2) is 47.6 Å². The van der Waals surface area contributed by atoms with Crippen LogP contribution in [0.3, 0.4) is 0 Å². The SMILES string of the molecule is COCc1nnc(CC(O)CCNC(=O)COc2ccc(Cl)c(F)c2)o1. The Hall–Kier alpha value is -2.23. The van der Waals surface area contributed by atoms with E-state index in [2.05, 4.69) is 15.5 Å². The van der Waals surface area contributed by atoms with Crippen LogP contribution in [0.5, 0.6) is 5.75 Å². The molecule has 0 saturated carbocycles. The van der Waals surface area contributed by atoms with Crippen molar-refractivity contribution in [3.05, 3.63) is 40.8 Å². The smallest absolute Gasteiger partial charge is 0.257 e. The lowest BCUT2D eigenvalue weighted by molar-refractivity contribution is -0.123. The summed E-state index contributed by atoms with van der Waals surface area (Å²) in [5, 5.41) is 20.0. The molecule has 2 N–H and O–H groups in total. The van der Waals surface area contributed by atoms with Crippen molar-refractivity contribution in [2.75, 3.05) is 20.3 Å². The predicted molar refractivity (Wildman–Crippen MR) is 89.3 cm³/mol. The molecular weight excluding hydrogens is 369 g/mol. The average Bonchev–Trinajstić information content (AvgIpc) is 3.03. The van der Waals surface area contributed by atoms with E-state index in [0.717, 1.165) is 6.07 Å². The summed E-state index contributed by atoms with van der Waals surface area (Å²) in [7, 11) is 1.51. The summed E-state index contributed by atoms with van der Waals surface area (Å²) in [5.74, 6) is -0.191. The van der Waals surface area contributed by atoms with E-state index in [4.69, 9.17) is 25.5 Å². The highest BCUT2D eigenvalue weighted by atomic mass is 35.5. The highest BCUT2D eigenvalue weighted by molar-refractivity contribution is 6.30. The number of rotatable bonds is 10. The molecule has 26 heavy (non-hydrogen) atoms. The number of aromatic nitrogens is 2. The molecule has 0 aliphatic carbocycles. The molecule has 1 aromatic heterocycles. The summed E-state index contributed by atoms with van der Waals surface area (Å²) in [4.78, 5) is 11.7. The van der Waals surface area contributed by atoms with Gasteiger partial charge in [-0.3, -0.25) is 4.79 Å². The molecule has 0 spiro atoms. The Kier molecular flexibility index (Phi) is 7.76. The van der Waals surface area contributed by atoms with Crippen LogP contribution < -0.4 is 10.1 Å². The Morgan fingerprint density at radius 3 is 2.92 bits per heavy atom. The maximum absolute atomic E-state index is 13.3. The molecule has 0 radical (unpaired) electrons. The number of amides is 1. The Bertz CT molecular complexity index is 728. The lowest BCUT2D eigenvalue weighted by atomic mass is 10.2. The fourth-order valence-corrected chi connectivity index (χ4v) is 2.12. The highest BCUT2D eigenvalue weighted by Gasteiger charge is 2.13. The summed E-state index contributed by atoms with van der Waals surface area (Å²) in [6.07, 6.45) is -0.284. The molecule has 1 amide bonds. The fourth-order valence-electron chi connectivity index (χ4n) is 2.00. The Labute approximate surface area is 154 Å².